The number of allylic oxidation sites excluding steroid dienone is 2. The Bertz CT molecular complexity index is 267. The largest absolute Gasteiger partial charge is 1.00 e. The van der Waals surface area contributed by atoms with Gasteiger partial charge in [0.15, 0.2) is 0 Å². The van der Waals surface area contributed by atoms with E-state index in [9.17, 15) is 9.67 Å². The first kappa shape index (κ1) is 18.2. The summed E-state index contributed by atoms with van der Waals surface area (Å²) in [5.41, 5.74) is 0. The minimum atomic E-state index is -3.21. The summed E-state index contributed by atoms with van der Waals surface area (Å²) in [7, 11) is -1.94. The molecule has 0 saturated heterocycles. The Kier molecular flexibility index (Phi) is 11.4. The molecular weight excluding hydrogens is 226 g/mol. The molecule has 0 heterocycles. The first-order valence-electron chi connectivity index (χ1n) is 4.57. The quantitative estimate of drug-likeness (QED) is 0.238. The Hall–Kier alpha value is -0.173. The standard InChI is InChI=1S/C9H17O5P.Li/c1-4-13-15(11,14-5-2)8-6-7-9(10)12-3;/h6-8,10H,4-5H2,1-3H3;/q;+1/p-1/b8-6?,9-7+;. The van der Waals surface area contributed by atoms with E-state index in [-0.39, 0.29) is 32.1 Å². The maximum absolute atomic E-state index is 11.8. The Labute approximate surface area is 108 Å². The normalized spacial score (nSPS) is 12.6. The van der Waals surface area contributed by atoms with Gasteiger partial charge >= 0.3 is 26.5 Å². The van der Waals surface area contributed by atoms with Crippen LogP contribution in [0.4, 0.5) is 0 Å². The Balaban J connectivity index is 0. The van der Waals surface area contributed by atoms with E-state index in [4.69, 9.17) is 9.05 Å². The minimum Gasteiger partial charge on any atom is -0.617 e. The Morgan fingerprint density at radius 1 is 1.31 bits per heavy atom. The molecule has 16 heavy (non-hydrogen) atoms. The molecule has 7 heteroatoms. The predicted octanol–water partition coefficient (Wildman–Crippen LogP) is -1.38. The molecular formula is C9H16LiO5P. The van der Waals surface area contributed by atoms with Crippen molar-refractivity contribution in [3.8, 4) is 0 Å². The second kappa shape index (κ2) is 10.0. The molecule has 0 radical (unpaired) electrons. The van der Waals surface area contributed by atoms with E-state index < -0.39 is 13.5 Å². The SMILES string of the molecule is CCOP(=O)(C=C/C=C(\[O-])OC)OCC.[Li+]. The van der Waals surface area contributed by atoms with Crippen molar-refractivity contribution < 1.29 is 42.3 Å². The molecule has 0 bridgehead atoms. The number of methoxy groups -OCH3 is 1. The van der Waals surface area contributed by atoms with Crippen LogP contribution >= 0.6 is 7.60 Å². The van der Waals surface area contributed by atoms with E-state index >= 15 is 0 Å². The third-order valence-electron chi connectivity index (χ3n) is 1.32. The van der Waals surface area contributed by atoms with Gasteiger partial charge in [-0.2, -0.15) is 0 Å². The van der Waals surface area contributed by atoms with Crippen molar-refractivity contribution in [2.45, 2.75) is 13.8 Å². The fraction of sp³-hybridized carbons (Fsp3) is 0.556. The van der Waals surface area contributed by atoms with Crippen LogP contribution < -0.4 is 24.0 Å². The van der Waals surface area contributed by atoms with E-state index in [1.54, 1.807) is 13.8 Å². The van der Waals surface area contributed by atoms with Gasteiger partial charge in [0.1, 0.15) is 0 Å². The van der Waals surface area contributed by atoms with Gasteiger partial charge in [0.25, 0.3) is 0 Å². The zero-order valence-corrected chi connectivity index (χ0v) is 11.0. The molecule has 0 atom stereocenters. The summed E-state index contributed by atoms with van der Waals surface area (Å²) in [6.07, 6.45) is 2.45. The summed E-state index contributed by atoms with van der Waals surface area (Å²) in [4.78, 5) is 0. The molecule has 0 aromatic heterocycles. The van der Waals surface area contributed by atoms with Crippen LogP contribution in [0.1, 0.15) is 13.8 Å². The molecule has 0 N–H and O–H groups in total. The second-order valence-electron chi connectivity index (χ2n) is 2.41. The molecule has 0 aliphatic carbocycles. The minimum absolute atomic E-state index is 0. The van der Waals surface area contributed by atoms with Gasteiger partial charge in [0, 0.05) is 5.82 Å². The summed E-state index contributed by atoms with van der Waals surface area (Å²) in [6, 6.07) is 0. The fourth-order valence-corrected chi connectivity index (χ4v) is 2.04. The first-order chi connectivity index (χ1) is 7.08. The van der Waals surface area contributed by atoms with Crippen LogP contribution in [-0.2, 0) is 18.3 Å². The summed E-state index contributed by atoms with van der Waals surface area (Å²) in [5.74, 6) is 0.711. The van der Waals surface area contributed by atoms with Crippen molar-refractivity contribution in [2.24, 2.45) is 0 Å². The van der Waals surface area contributed by atoms with Gasteiger partial charge in [-0.25, -0.2) is 0 Å². The molecule has 0 aromatic carbocycles. The maximum atomic E-state index is 11.8. The average Bonchev–Trinajstić information content (AvgIpc) is 2.18. The van der Waals surface area contributed by atoms with Crippen molar-refractivity contribution in [1.29, 1.82) is 0 Å². The molecule has 0 rings (SSSR count). The van der Waals surface area contributed by atoms with Gasteiger partial charge in [-0.15, -0.1) is 0 Å². The van der Waals surface area contributed by atoms with E-state index in [0.717, 1.165) is 6.08 Å². The van der Waals surface area contributed by atoms with Gasteiger partial charge in [0.2, 0.25) is 0 Å². The van der Waals surface area contributed by atoms with Crippen molar-refractivity contribution in [2.75, 3.05) is 20.3 Å². The molecule has 0 unspecified atom stereocenters. The van der Waals surface area contributed by atoms with Crippen LogP contribution in [-0.4, -0.2) is 20.3 Å². The summed E-state index contributed by atoms with van der Waals surface area (Å²) < 4.78 is 26.1. The van der Waals surface area contributed by atoms with Crippen LogP contribution in [0.2, 0.25) is 0 Å². The molecule has 0 aromatic rings. The molecule has 0 saturated carbocycles. The van der Waals surface area contributed by atoms with Crippen LogP contribution in [0.3, 0.4) is 0 Å². The van der Waals surface area contributed by atoms with Crippen LogP contribution in [0.5, 0.6) is 0 Å². The number of hydrogen-bond donors (Lipinski definition) is 0. The Morgan fingerprint density at radius 2 is 1.81 bits per heavy atom. The Morgan fingerprint density at radius 3 is 2.19 bits per heavy atom. The van der Waals surface area contributed by atoms with E-state index in [0.29, 0.717) is 0 Å². The fourth-order valence-electron chi connectivity index (χ4n) is 0.778. The van der Waals surface area contributed by atoms with E-state index in [1.165, 1.54) is 19.0 Å². The van der Waals surface area contributed by atoms with Crippen molar-refractivity contribution in [3.63, 3.8) is 0 Å². The third-order valence-corrected chi connectivity index (χ3v) is 3.09. The molecule has 0 spiro atoms. The van der Waals surface area contributed by atoms with Crippen molar-refractivity contribution in [3.05, 3.63) is 23.9 Å². The van der Waals surface area contributed by atoms with Crippen molar-refractivity contribution >= 4 is 7.60 Å². The van der Waals surface area contributed by atoms with Crippen LogP contribution in [0, 0.1) is 0 Å². The second-order valence-corrected chi connectivity index (χ2v) is 4.30. The van der Waals surface area contributed by atoms with E-state index in [2.05, 4.69) is 4.74 Å². The first-order valence-corrected chi connectivity index (χ1v) is 6.18. The third kappa shape index (κ3) is 8.03. The number of rotatable bonds is 7. The summed E-state index contributed by atoms with van der Waals surface area (Å²) in [6.45, 7) is 3.98. The predicted molar refractivity (Wildman–Crippen MR) is 55.1 cm³/mol. The maximum Gasteiger partial charge on any atom is 1.00 e. The van der Waals surface area contributed by atoms with Crippen molar-refractivity contribution in [1.82, 2.24) is 0 Å². The molecule has 0 aliphatic heterocycles. The van der Waals surface area contributed by atoms with Gasteiger partial charge in [0.05, 0.1) is 19.2 Å². The number of hydrogen-bond acceptors (Lipinski definition) is 5. The summed E-state index contributed by atoms with van der Waals surface area (Å²) in [5, 5.41) is 10.7. The summed E-state index contributed by atoms with van der Waals surface area (Å²) >= 11 is 0. The van der Waals surface area contributed by atoms with Gasteiger partial charge in [-0.3, -0.25) is 4.57 Å². The van der Waals surface area contributed by atoms with Gasteiger partial charge in [-0.1, -0.05) is 6.08 Å². The zero-order chi connectivity index (χ0) is 11.7. The van der Waals surface area contributed by atoms with E-state index in [1.807, 2.05) is 0 Å². The smallest absolute Gasteiger partial charge is 0.617 e. The topological polar surface area (TPSA) is 67.8 Å². The number of ether oxygens (including phenoxy) is 1. The molecule has 0 fully saturated rings. The van der Waals surface area contributed by atoms with Crippen LogP contribution in [0.15, 0.2) is 23.9 Å². The average molecular weight is 242 g/mol. The monoisotopic (exact) mass is 242 g/mol. The van der Waals surface area contributed by atoms with Gasteiger partial charge in [-0.05, 0) is 27.0 Å². The molecule has 88 valence electrons. The zero-order valence-electron chi connectivity index (χ0n) is 10.1. The van der Waals surface area contributed by atoms with Crippen LogP contribution in [0.25, 0.3) is 0 Å². The molecule has 0 amide bonds. The van der Waals surface area contributed by atoms with Gasteiger partial charge < -0.3 is 18.9 Å². The molecule has 0 aliphatic rings. The molecule has 5 nitrogen and oxygen atoms in total.